The number of amides is 1. The van der Waals surface area contributed by atoms with E-state index in [9.17, 15) is 9.90 Å². The van der Waals surface area contributed by atoms with Gasteiger partial charge in [0.2, 0.25) is 5.91 Å². The molecule has 0 bridgehead atoms. The summed E-state index contributed by atoms with van der Waals surface area (Å²) < 4.78 is 0. The van der Waals surface area contributed by atoms with Crippen molar-refractivity contribution in [3.05, 3.63) is 65.7 Å². The largest absolute Gasteiger partial charge is 0.508 e. The van der Waals surface area contributed by atoms with Crippen molar-refractivity contribution in [1.29, 1.82) is 0 Å². The van der Waals surface area contributed by atoms with Crippen LogP contribution in [0.1, 0.15) is 25.0 Å². The van der Waals surface area contributed by atoms with Crippen LogP contribution in [0.5, 0.6) is 5.75 Å². The van der Waals surface area contributed by atoms with E-state index in [2.05, 4.69) is 0 Å². The van der Waals surface area contributed by atoms with E-state index in [1.54, 1.807) is 18.2 Å². The highest BCUT2D eigenvalue weighted by Gasteiger charge is 2.18. The molecule has 0 spiro atoms. The summed E-state index contributed by atoms with van der Waals surface area (Å²) in [5.74, 6) is 0.199. The fraction of sp³-hybridized carbons (Fsp3) is 0.278. The first-order valence-corrected chi connectivity index (χ1v) is 7.18. The van der Waals surface area contributed by atoms with Gasteiger partial charge in [-0.2, -0.15) is 0 Å². The topological polar surface area (TPSA) is 40.5 Å². The highest BCUT2D eigenvalue weighted by molar-refractivity contribution is 5.79. The molecule has 0 aliphatic heterocycles. The standard InChI is InChI=1S/C18H21NO2/c1-14(2)19(13-15-8-4-3-5-9-15)18(21)12-16-10-6-7-11-17(16)20/h3-11,14,20H,12-13H2,1-2H3. The van der Waals surface area contributed by atoms with Gasteiger partial charge in [0.25, 0.3) is 0 Å². The molecule has 2 rings (SSSR count). The van der Waals surface area contributed by atoms with Gasteiger partial charge in [0.1, 0.15) is 5.75 Å². The second-order valence-corrected chi connectivity index (χ2v) is 5.41. The average Bonchev–Trinajstić information content (AvgIpc) is 2.48. The fourth-order valence-electron chi connectivity index (χ4n) is 2.26. The smallest absolute Gasteiger partial charge is 0.227 e. The number of hydrogen-bond donors (Lipinski definition) is 1. The van der Waals surface area contributed by atoms with Gasteiger partial charge < -0.3 is 10.0 Å². The van der Waals surface area contributed by atoms with Gasteiger partial charge in [-0.3, -0.25) is 4.79 Å². The number of para-hydroxylation sites is 1. The summed E-state index contributed by atoms with van der Waals surface area (Å²) in [7, 11) is 0. The SMILES string of the molecule is CC(C)N(Cc1ccccc1)C(=O)Cc1ccccc1O. The molecule has 2 aromatic rings. The van der Waals surface area contributed by atoms with Crippen molar-refractivity contribution in [2.75, 3.05) is 0 Å². The van der Waals surface area contributed by atoms with Gasteiger partial charge in [-0.15, -0.1) is 0 Å². The van der Waals surface area contributed by atoms with Crippen molar-refractivity contribution < 1.29 is 9.90 Å². The molecule has 21 heavy (non-hydrogen) atoms. The van der Waals surface area contributed by atoms with E-state index in [4.69, 9.17) is 0 Å². The normalized spacial score (nSPS) is 10.6. The van der Waals surface area contributed by atoms with E-state index in [0.717, 1.165) is 5.56 Å². The van der Waals surface area contributed by atoms with Crippen LogP contribution in [-0.4, -0.2) is 22.0 Å². The van der Waals surface area contributed by atoms with Gasteiger partial charge in [-0.1, -0.05) is 48.5 Å². The predicted octanol–water partition coefficient (Wildman–Crippen LogP) is 3.37. The number of phenols is 1. The zero-order valence-electron chi connectivity index (χ0n) is 12.5. The number of hydrogen-bond acceptors (Lipinski definition) is 2. The molecule has 0 heterocycles. The van der Waals surface area contributed by atoms with Crippen LogP contribution in [0, 0.1) is 0 Å². The second-order valence-electron chi connectivity index (χ2n) is 5.41. The van der Waals surface area contributed by atoms with E-state index >= 15 is 0 Å². The lowest BCUT2D eigenvalue weighted by atomic mass is 10.1. The molecule has 0 radical (unpaired) electrons. The Hall–Kier alpha value is -2.29. The minimum atomic E-state index is 0.0235. The Labute approximate surface area is 125 Å². The monoisotopic (exact) mass is 283 g/mol. The second kappa shape index (κ2) is 6.93. The zero-order chi connectivity index (χ0) is 15.2. The van der Waals surface area contributed by atoms with Crippen molar-refractivity contribution in [2.45, 2.75) is 32.9 Å². The highest BCUT2D eigenvalue weighted by Crippen LogP contribution is 2.18. The molecule has 2 aromatic carbocycles. The molecule has 0 aliphatic carbocycles. The van der Waals surface area contributed by atoms with Crippen molar-refractivity contribution in [2.24, 2.45) is 0 Å². The van der Waals surface area contributed by atoms with Crippen LogP contribution < -0.4 is 0 Å². The summed E-state index contributed by atoms with van der Waals surface area (Å²) in [5.41, 5.74) is 1.78. The van der Waals surface area contributed by atoms with E-state index in [0.29, 0.717) is 12.1 Å². The first kappa shape index (κ1) is 15.1. The molecular formula is C18H21NO2. The van der Waals surface area contributed by atoms with Crippen molar-refractivity contribution in [3.63, 3.8) is 0 Å². The summed E-state index contributed by atoms with van der Waals surface area (Å²) in [5, 5.41) is 9.80. The molecule has 0 aliphatic rings. The molecule has 0 aromatic heterocycles. The Balaban J connectivity index is 2.11. The average molecular weight is 283 g/mol. The van der Waals surface area contributed by atoms with Crippen LogP contribution >= 0.6 is 0 Å². The molecule has 0 saturated heterocycles. The van der Waals surface area contributed by atoms with Gasteiger partial charge in [0.05, 0.1) is 6.42 Å². The maximum absolute atomic E-state index is 12.5. The minimum absolute atomic E-state index is 0.0235. The lowest BCUT2D eigenvalue weighted by Gasteiger charge is -2.27. The number of rotatable bonds is 5. The van der Waals surface area contributed by atoms with Crippen molar-refractivity contribution in [3.8, 4) is 5.75 Å². The summed E-state index contributed by atoms with van der Waals surface area (Å²) in [4.78, 5) is 14.4. The highest BCUT2D eigenvalue weighted by atomic mass is 16.3. The first-order chi connectivity index (χ1) is 10.1. The van der Waals surface area contributed by atoms with Crippen LogP contribution in [-0.2, 0) is 17.8 Å². The third-order valence-electron chi connectivity index (χ3n) is 3.47. The molecule has 1 N–H and O–H groups in total. The molecule has 1 amide bonds. The number of aromatic hydroxyl groups is 1. The van der Waals surface area contributed by atoms with Gasteiger partial charge in [0.15, 0.2) is 0 Å². The predicted molar refractivity (Wildman–Crippen MR) is 83.9 cm³/mol. The maximum Gasteiger partial charge on any atom is 0.227 e. The summed E-state index contributed by atoms with van der Waals surface area (Å²) in [6.45, 7) is 4.60. The van der Waals surface area contributed by atoms with Crippen LogP contribution in [0.4, 0.5) is 0 Å². The molecule has 0 atom stereocenters. The number of carbonyl (C=O) groups excluding carboxylic acids is 1. The van der Waals surface area contributed by atoms with Gasteiger partial charge in [-0.25, -0.2) is 0 Å². The van der Waals surface area contributed by atoms with Gasteiger partial charge in [-0.05, 0) is 25.5 Å². The molecule has 0 saturated carbocycles. The Bertz CT molecular complexity index is 593. The Kier molecular flexibility index (Phi) is 4.99. The first-order valence-electron chi connectivity index (χ1n) is 7.18. The molecule has 0 fully saturated rings. The number of carbonyl (C=O) groups is 1. The maximum atomic E-state index is 12.5. The minimum Gasteiger partial charge on any atom is -0.508 e. The molecule has 0 unspecified atom stereocenters. The molecule has 3 nitrogen and oxygen atoms in total. The molecule has 110 valence electrons. The van der Waals surface area contributed by atoms with Crippen LogP contribution in [0.25, 0.3) is 0 Å². The Morgan fingerprint density at radius 1 is 1.05 bits per heavy atom. The Morgan fingerprint density at radius 3 is 2.29 bits per heavy atom. The van der Waals surface area contributed by atoms with E-state index in [1.807, 2.05) is 55.1 Å². The number of nitrogens with zero attached hydrogens (tertiary/aromatic N) is 1. The lowest BCUT2D eigenvalue weighted by molar-refractivity contribution is -0.132. The lowest BCUT2D eigenvalue weighted by Crippen LogP contribution is -2.37. The van der Waals surface area contributed by atoms with Crippen molar-refractivity contribution in [1.82, 2.24) is 4.90 Å². The van der Waals surface area contributed by atoms with Crippen LogP contribution in [0.2, 0.25) is 0 Å². The third-order valence-corrected chi connectivity index (χ3v) is 3.47. The number of benzene rings is 2. The van der Waals surface area contributed by atoms with E-state index in [1.165, 1.54) is 0 Å². The van der Waals surface area contributed by atoms with Gasteiger partial charge in [0, 0.05) is 18.2 Å². The molecular weight excluding hydrogens is 262 g/mol. The Morgan fingerprint density at radius 2 is 1.67 bits per heavy atom. The summed E-state index contributed by atoms with van der Waals surface area (Å²) in [6, 6.07) is 17.0. The van der Waals surface area contributed by atoms with Crippen molar-refractivity contribution >= 4 is 5.91 Å². The van der Waals surface area contributed by atoms with E-state index in [-0.39, 0.29) is 24.1 Å². The van der Waals surface area contributed by atoms with Gasteiger partial charge >= 0.3 is 0 Å². The van der Waals surface area contributed by atoms with E-state index < -0.39 is 0 Å². The zero-order valence-corrected chi connectivity index (χ0v) is 12.5. The van der Waals surface area contributed by atoms with Crippen LogP contribution in [0.15, 0.2) is 54.6 Å². The molecule has 3 heteroatoms. The number of phenolic OH excluding ortho intramolecular Hbond substituents is 1. The quantitative estimate of drug-likeness (QED) is 0.914. The third kappa shape index (κ3) is 4.09. The van der Waals surface area contributed by atoms with Crippen LogP contribution in [0.3, 0.4) is 0 Å². The summed E-state index contributed by atoms with van der Waals surface area (Å²) in [6.07, 6.45) is 0.220. The fourth-order valence-corrected chi connectivity index (χ4v) is 2.26. The summed E-state index contributed by atoms with van der Waals surface area (Å²) >= 11 is 0.